The van der Waals surface area contributed by atoms with Gasteiger partial charge in [-0.05, 0) is 68.8 Å². The van der Waals surface area contributed by atoms with E-state index in [1.165, 1.54) is 6.42 Å². The number of rotatable bonds is 7. The number of H-pyrrole nitrogens is 1. The Morgan fingerprint density at radius 2 is 1.82 bits per heavy atom. The molecule has 0 spiro atoms. The molecule has 174 valence electrons. The predicted molar refractivity (Wildman–Crippen MR) is 128 cm³/mol. The summed E-state index contributed by atoms with van der Waals surface area (Å²) in [6.45, 7) is 4.47. The number of nitrogens with zero attached hydrogens (tertiary/aromatic N) is 2. The smallest absolute Gasteiger partial charge is 0.328 e. The van der Waals surface area contributed by atoms with Crippen molar-refractivity contribution in [1.29, 1.82) is 0 Å². The van der Waals surface area contributed by atoms with Crippen molar-refractivity contribution in [2.75, 3.05) is 26.7 Å². The first-order valence-electron chi connectivity index (χ1n) is 11.4. The first-order valence-corrected chi connectivity index (χ1v) is 11.4. The summed E-state index contributed by atoms with van der Waals surface area (Å²) in [5, 5.41) is 3.44. The van der Waals surface area contributed by atoms with Crippen molar-refractivity contribution in [2.24, 2.45) is 0 Å². The zero-order valence-electron chi connectivity index (χ0n) is 19.1. The minimum absolute atomic E-state index is 0.0529. The third-order valence-corrected chi connectivity index (χ3v) is 6.35. The van der Waals surface area contributed by atoms with E-state index < -0.39 is 5.69 Å². The van der Waals surface area contributed by atoms with Gasteiger partial charge in [0, 0.05) is 18.7 Å². The molecule has 1 aromatic heterocycles. The molecule has 3 aromatic rings. The number of ether oxygens (including phenoxy) is 1. The van der Waals surface area contributed by atoms with E-state index in [0.717, 1.165) is 41.8 Å². The number of nitrogens with one attached hydrogen (secondary N) is 2. The summed E-state index contributed by atoms with van der Waals surface area (Å²) in [4.78, 5) is 42.7. The van der Waals surface area contributed by atoms with Crippen LogP contribution in [0.25, 0.3) is 10.9 Å². The van der Waals surface area contributed by atoms with E-state index in [1.54, 1.807) is 32.2 Å². The van der Waals surface area contributed by atoms with Crippen LogP contribution in [0.2, 0.25) is 0 Å². The number of benzene rings is 2. The first kappa shape index (κ1) is 22.8. The van der Waals surface area contributed by atoms with E-state index in [0.29, 0.717) is 23.0 Å². The van der Waals surface area contributed by atoms with Gasteiger partial charge in [0.15, 0.2) is 0 Å². The summed E-state index contributed by atoms with van der Waals surface area (Å²) in [6.07, 6.45) is 3.52. The second-order valence-corrected chi connectivity index (χ2v) is 8.34. The molecular formula is C25H30N4O4. The molecule has 1 atom stereocenters. The molecule has 2 aromatic carbocycles. The molecule has 1 aliphatic heterocycles. The molecule has 1 fully saturated rings. The lowest BCUT2D eigenvalue weighted by Gasteiger charge is -2.35. The van der Waals surface area contributed by atoms with Crippen LogP contribution in [0.3, 0.4) is 0 Å². The summed E-state index contributed by atoms with van der Waals surface area (Å²) < 4.78 is 6.42. The Hall–Kier alpha value is -3.39. The third kappa shape index (κ3) is 4.85. The Morgan fingerprint density at radius 3 is 2.48 bits per heavy atom. The van der Waals surface area contributed by atoms with E-state index in [2.05, 4.69) is 15.2 Å². The maximum atomic E-state index is 13.0. The number of piperidine rings is 1. The van der Waals surface area contributed by atoms with Crippen LogP contribution in [0, 0.1) is 0 Å². The third-order valence-electron chi connectivity index (χ3n) is 6.35. The van der Waals surface area contributed by atoms with Crippen LogP contribution < -0.4 is 21.3 Å². The molecule has 8 nitrogen and oxygen atoms in total. The molecule has 2 heterocycles. The standard InChI is InChI=1S/C25H30N4O4/c1-3-29-24(31)20-12-9-18(15-21(20)27-25(29)32)23(30)26-16-22(28-13-5-4-6-14-28)17-7-10-19(33-2)11-8-17/h7-12,15,22H,3-6,13-14,16H2,1-2H3,(H,26,30)(H,27,32). The van der Waals surface area contributed by atoms with Gasteiger partial charge in [-0.25, -0.2) is 4.79 Å². The van der Waals surface area contributed by atoms with Gasteiger partial charge in [-0.1, -0.05) is 18.6 Å². The number of carbonyl (C=O) groups excluding carboxylic acids is 1. The largest absolute Gasteiger partial charge is 0.497 e. The topological polar surface area (TPSA) is 96.4 Å². The number of methoxy groups -OCH3 is 1. The Balaban J connectivity index is 1.55. The quantitative estimate of drug-likeness (QED) is 0.577. The number of aromatic amines is 1. The molecular weight excluding hydrogens is 420 g/mol. The molecule has 1 amide bonds. The van der Waals surface area contributed by atoms with Crippen LogP contribution in [0.1, 0.15) is 48.1 Å². The van der Waals surface area contributed by atoms with Crippen LogP contribution in [0.4, 0.5) is 0 Å². The molecule has 33 heavy (non-hydrogen) atoms. The summed E-state index contributed by atoms with van der Waals surface area (Å²) in [5.41, 5.74) is 1.06. The zero-order valence-corrected chi connectivity index (χ0v) is 19.1. The molecule has 0 radical (unpaired) electrons. The van der Waals surface area contributed by atoms with Gasteiger partial charge in [0.05, 0.1) is 24.1 Å². The van der Waals surface area contributed by atoms with Crippen LogP contribution in [0.15, 0.2) is 52.1 Å². The molecule has 1 saturated heterocycles. The fourth-order valence-corrected chi connectivity index (χ4v) is 4.49. The van der Waals surface area contributed by atoms with Crippen molar-refractivity contribution in [1.82, 2.24) is 19.8 Å². The van der Waals surface area contributed by atoms with Crippen molar-refractivity contribution in [3.05, 3.63) is 74.4 Å². The molecule has 0 bridgehead atoms. The zero-order chi connectivity index (χ0) is 23.4. The fraction of sp³-hybridized carbons (Fsp3) is 0.400. The van der Waals surface area contributed by atoms with Crippen molar-refractivity contribution >= 4 is 16.8 Å². The molecule has 0 aliphatic carbocycles. The lowest BCUT2D eigenvalue weighted by Crippen LogP contribution is -2.40. The number of hydrogen-bond donors (Lipinski definition) is 2. The minimum atomic E-state index is -0.475. The van der Waals surface area contributed by atoms with Crippen molar-refractivity contribution in [3.63, 3.8) is 0 Å². The Kier molecular flexibility index (Phi) is 6.93. The second kappa shape index (κ2) is 10.0. The molecule has 8 heteroatoms. The van der Waals surface area contributed by atoms with E-state index in [-0.39, 0.29) is 24.1 Å². The van der Waals surface area contributed by atoms with E-state index in [4.69, 9.17) is 4.74 Å². The molecule has 4 rings (SSSR count). The highest BCUT2D eigenvalue weighted by Gasteiger charge is 2.23. The van der Waals surface area contributed by atoms with Gasteiger partial charge >= 0.3 is 5.69 Å². The average Bonchev–Trinajstić information content (AvgIpc) is 2.85. The SMILES string of the molecule is CCn1c(=O)[nH]c2cc(C(=O)NCC(c3ccc(OC)cc3)N3CCCCC3)ccc2c1=O. The highest BCUT2D eigenvalue weighted by molar-refractivity contribution is 5.97. The second-order valence-electron chi connectivity index (χ2n) is 8.34. The maximum Gasteiger partial charge on any atom is 0.328 e. The normalized spacial score (nSPS) is 15.3. The lowest BCUT2D eigenvalue weighted by molar-refractivity contribution is 0.0924. The van der Waals surface area contributed by atoms with E-state index >= 15 is 0 Å². The summed E-state index contributed by atoms with van der Waals surface area (Å²) in [6, 6.07) is 12.8. The van der Waals surface area contributed by atoms with Gasteiger partial charge in [-0.15, -0.1) is 0 Å². The predicted octanol–water partition coefficient (Wildman–Crippen LogP) is 2.68. The highest BCUT2D eigenvalue weighted by atomic mass is 16.5. The van der Waals surface area contributed by atoms with Gasteiger partial charge in [0.1, 0.15) is 5.75 Å². The number of likely N-dealkylation sites (tertiary alicyclic amines) is 1. The maximum absolute atomic E-state index is 13.0. The van der Waals surface area contributed by atoms with Crippen LogP contribution in [0.5, 0.6) is 5.75 Å². The fourth-order valence-electron chi connectivity index (χ4n) is 4.49. The van der Waals surface area contributed by atoms with Crippen LogP contribution in [-0.4, -0.2) is 47.1 Å². The summed E-state index contributed by atoms with van der Waals surface area (Å²) in [5.74, 6) is 0.556. The number of aromatic nitrogens is 2. The van der Waals surface area contributed by atoms with Gasteiger partial charge < -0.3 is 15.0 Å². The van der Waals surface area contributed by atoms with E-state index in [1.807, 2.05) is 24.3 Å². The van der Waals surface area contributed by atoms with Gasteiger partial charge in [-0.3, -0.25) is 19.1 Å². The Bertz CT molecular complexity index is 1240. The average molecular weight is 451 g/mol. The van der Waals surface area contributed by atoms with Crippen molar-refractivity contribution in [3.8, 4) is 5.75 Å². The molecule has 1 unspecified atom stereocenters. The van der Waals surface area contributed by atoms with Crippen LogP contribution in [-0.2, 0) is 6.54 Å². The van der Waals surface area contributed by atoms with Gasteiger partial charge in [0.2, 0.25) is 0 Å². The number of amides is 1. The lowest BCUT2D eigenvalue weighted by atomic mass is 10.0. The number of carbonyl (C=O) groups is 1. The molecule has 1 aliphatic rings. The Morgan fingerprint density at radius 1 is 1.09 bits per heavy atom. The number of fused-ring (bicyclic) bond motifs is 1. The summed E-state index contributed by atoms with van der Waals surface area (Å²) in [7, 11) is 1.64. The summed E-state index contributed by atoms with van der Waals surface area (Å²) >= 11 is 0. The molecule has 0 saturated carbocycles. The monoisotopic (exact) mass is 450 g/mol. The Labute approximate surface area is 192 Å². The number of hydrogen-bond acceptors (Lipinski definition) is 5. The minimum Gasteiger partial charge on any atom is -0.497 e. The van der Waals surface area contributed by atoms with Crippen LogP contribution >= 0.6 is 0 Å². The molecule has 2 N–H and O–H groups in total. The van der Waals surface area contributed by atoms with Crippen molar-refractivity contribution in [2.45, 2.75) is 38.8 Å². The van der Waals surface area contributed by atoms with Gasteiger partial charge in [-0.2, -0.15) is 0 Å². The van der Waals surface area contributed by atoms with E-state index in [9.17, 15) is 14.4 Å². The highest BCUT2D eigenvalue weighted by Crippen LogP contribution is 2.26. The van der Waals surface area contributed by atoms with Gasteiger partial charge in [0.25, 0.3) is 11.5 Å². The van der Waals surface area contributed by atoms with Crippen molar-refractivity contribution < 1.29 is 9.53 Å². The first-order chi connectivity index (χ1) is 16.0.